The van der Waals surface area contributed by atoms with Crippen molar-refractivity contribution in [2.24, 2.45) is 5.92 Å². The van der Waals surface area contributed by atoms with Crippen LogP contribution in [0.15, 0.2) is 291 Å². The zero-order valence-electron chi connectivity index (χ0n) is 47.0. The minimum Gasteiger partial charge on any atom is -0.309 e. The Bertz CT molecular complexity index is 4510. The minimum atomic E-state index is 0.305. The maximum Gasteiger partial charge on any atom is 0.143 e. The third-order valence-electron chi connectivity index (χ3n) is 17.9. The molecule has 0 fully saturated rings. The lowest BCUT2D eigenvalue weighted by Crippen LogP contribution is -2.39. The lowest BCUT2D eigenvalue weighted by atomic mass is 9.78. The first kappa shape index (κ1) is 50.7. The van der Waals surface area contributed by atoms with Crippen LogP contribution in [0.1, 0.15) is 53.5 Å². The summed E-state index contributed by atoms with van der Waals surface area (Å²) in [5.74, 6) is 0.680. The zero-order valence-corrected chi connectivity index (χ0v) is 47.0. The summed E-state index contributed by atoms with van der Waals surface area (Å²) in [4.78, 5) is 0. The van der Waals surface area contributed by atoms with Crippen LogP contribution in [-0.4, -0.2) is 16.2 Å². The number of hydrogen-bond donors (Lipinski definition) is 0. The molecule has 3 unspecified atom stereocenters. The van der Waals surface area contributed by atoms with E-state index in [0.717, 1.165) is 25.7 Å². The second-order valence-electron chi connectivity index (χ2n) is 22.8. The number of quaternary nitrogens is 1. The Hall–Kier alpha value is -9.54. The fourth-order valence-electron chi connectivity index (χ4n) is 13.6. The number of hydrogen-bond acceptors (Lipinski definition) is 0. The van der Waals surface area contributed by atoms with Crippen molar-refractivity contribution in [3.05, 3.63) is 319 Å². The van der Waals surface area contributed by atoms with E-state index in [0.29, 0.717) is 16.3 Å². The zero-order chi connectivity index (χ0) is 55.2. The van der Waals surface area contributed by atoms with Crippen molar-refractivity contribution in [1.82, 2.24) is 13.6 Å². The molecule has 3 heteroatoms. The van der Waals surface area contributed by atoms with Crippen LogP contribution in [0.25, 0.3) is 82.8 Å². The number of rotatable bonds is 14. The van der Waals surface area contributed by atoms with Gasteiger partial charge in [-0.25, -0.2) is 4.48 Å². The molecule has 0 aliphatic heterocycles. The highest BCUT2D eigenvalue weighted by Crippen LogP contribution is 2.46. The molecule has 82 heavy (non-hydrogen) atoms. The molecule has 1 aliphatic carbocycles. The van der Waals surface area contributed by atoms with Crippen LogP contribution in [0.2, 0.25) is 0 Å². The lowest BCUT2D eigenvalue weighted by molar-refractivity contribution is 0.453. The van der Waals surface area contributed by atoms with Crippen molar-refractivity contribution in [2.45, 2.75) is 45.4 Å². The van der Waals surface area contributed by atoms with Crippen molar-refractivity contribution in [1.29, 1.82) is 0 Å². The van der Waals surface area contributed by atoms with E-state index in [2.05, 4.69) is 315 Å². The molecule has 0 amide bonds. The molecule has 13 aromatic rings. The third-order valence-corrected chi connectivity index (χ3v) is 17.9. The highest BCUT2D eigenvalue weighted by Gasteiger charge is 2.36. The van der Waals surface area contributed by atoms with Gasteiger partial charge in [0.05, 0.1) is 29.1 Å². The monoisotopic (exact) mass is 1060 g/mol. The Morgan fingerprint density at radius 1 is 0.390 bits per heavy atom. The van der Waals surface area contributed by atoms with Gasteiger partial charge in [0.25, 0.3) is 0 Å². The normalized spacial score (nSPS) is 14.2. The van der Waals surface area contributed by atoms with E-state index in [4.69, 9.17) is 0 Å². The minimum absolute atomic E-state index is 0.305. The molecule has 0 radical (unpaired) electrons. The van der Waals surface area contributed by atoms with E-state index in [9.17, 15) is 0 Å². The van der Waals surface area contributed by atoms with Gasteiger partial charge in [0.2, 0.25) is 0 Å². The fraction of sp³-hybridized carbons (Fsp3) is 0.114. The van der Waals surface area contributed by atoms with Crippen molar-refractivity contribution in [3.8, 4) is 33.6 Å². The Morgan fingerprint density at radius 2 is 0.854 bits per heavy atom. The molecule has 3 atom stereocenters. The van der Waals surface area contributed by atoms with Gasteiger partial charge < -0.3 is 9.13 Å². The number of nitrogens with zero attached hydrogens (tertiary/aromatic N) is 3. The van der Waals surface area contributed by atoms with Crippen LogP contribution >= 0.6 is 0 Å². The van der Waals surface area contributed by atoms with Gasteiger partial charge in [-0.2, -0.15) is 0 Å². The topological polar surface area (TPSA) is 9.86 Å². The standard InChI is InChI=1S/C79H66N3/c1-55-50-57(51-56(2)73(64-36-34-61(35-37-64)59-20-8-4-9-21-59)52-58-33-48-78-74(53-58)71-28-16-18-30-76(71)80(78)65-24-12-6-13-25-65)32-47-70(55)63-40-44-68(45-41-63)82(3,67-42-38-62(39-43-67)60-22-10-5-11-23-60)69-46-49-79-75(54-69)72-29-17-19-31-77(72)81(79)66-26-14-7-15-27-66/h4-40,42-44,46-50,53-54,56,73H,41,45,51-52H2,1-3H3/q+1. The van der Waals surface area contributed by atoms with Gasteiger partial charge in [-0.3, -0.25) is 0 Å². The van der Waals surface area contributed by atoms with Crippen LogP contribution in [0.5, 0.6) is 0 Å². The SMILES string of the molecule is Cc1cc(CC(C)C(Cc2ccc3c(c2)c2ccccc2n3-c2ccccc2)c2ccc(-c3ccccc3)cc2)ccc1C1=CC=C([N+](C)(c2ccc(-c3ccccc3)cc2)c2ccc3c(c2)c2ccccc2n3-c2ccccc2)CC1. The molecule has 11 aromatic carbocycles. The summed E-state index contributed by atoms with van der Waals surface area (Å²) in [5, 5.41) is 5.12. The first-order valence-electron chi connectivity index (χ1n) is 29.2. The molecular formula is C79H66N3+. The van der Waals surface area contributed by atoms with Crippen LogP contribution in [0.3, 0.4) is 0 Å². The van der Waals surface area contributed by atoms with Crippen LogP contribution in [0, 0.1) is 12.8 Å². The second-order valence-corrected chi connectivity index (χ2v) is 22.8. The quantitative estimate of drug-likeness (QED) is 0.0961. The predicted octanol–water partition coefficient (Wildman–Crippen LogP) is 20.8. The van der Waals surface area contributed by atoms with Gasteiger partial charge in [-0.05, 0) is 166 Å². The molecule has 2 heterocycles. The van der Waals surface area contributed by atoms with Crippen LogP contribution < -0.4 is 4.48 Å². The summed E-state index contributed by atoms with van der Waals surface area (Å²) < 4.78 is 5.40. The van der Waals surface area contributed by atoms with Gasteiger partial charge in [0.1, 0.15) is 17.1 Å². The summed E-state index contributed by atoms with van der Waals surface area (Å²) >= 11 is 0. The van der Waals surface area contributed by atoms with Crippen molar-refractivity contribution < 1.29 is 0 Å². The maximum atomic E-state index is 2.47. The molecule has 0 bridgehead atoms. The Labute approximate surface area is 482 Å². The number of para-hydroxylation sites is 4. The van der Waals surface area contributed by atoms with E-state index in [1.807, 2.05) is 0 Å². The maximum absolute atomic E-state index is 2.47. The summed E-state index contributed by atoms with van der Waals surface area (Å²) in [6.45, 7) is 4.79. The summed E-state index contributed by atoms with van der Waals surface area (Å²) in [7, 11) is 2.40. The number of benzene rings is 11. The largest absolute Gasteiger partial charge is 0.309 e. The average molecular weight is 1060 g/mol. The Kier molecular flexibility index (Phi) is 13.3. The molecule has 2 aromatic heterocycles. The number of aryl methyl sites for hydroxylation is 1. The van der Waals surface area contributed by atoms with Crippen molar-refractivity contribution in [2.75, 3.05) is 7.05 Å². The van der Waals surface area contributed by atoms with E-state index in [1.165, 1.54) is 128 Å². The van der Waals surface area contributed by atoms with Gasteiger partial charge in [-0.1, -0.05) is 195 Å². The summed E-state index contributed by atoms with van der Waals surface area (Å²) in [5.41, 5.74) is 24.3. The number of fused-ring (bicyclic) bond motifs is 6. The first-order valence-corrected chi connectivity index (χ1v) is 29.2. The number of allylic oxidation sites excluding steroid dienone is 4. The van der Waals surface area contributed by atoms with Gasteiger partial charge in [-0.15, -0.1) is 0 Å². The Morgan fingerprint density at radius 3 is 1.41 bits per heavy atom. The highest BCUT2D eigenvalue weighted by atomic mass is 15.4. The molecule has 3 nitrogen and oxygen atoms in total. The average Bonchev–Trinajstić information content (AvgIpc) is 3.84. The molecule has 0 saturated carbocycles. The molecule has 0 N–H and O–H groups in total. The Balaban J connectivity index is 0.784. The molecule has 0 spiro atoms. The molecular weight excluding hydrogens is 991 g/mol. The highest BCUT2D eigenvalue weighted by molar-refractivity contribution is 6.11. The predicted molar refractivity (Wildman–Crippen MR) is 348 cm³/mol. The molecule has 0 saturated heterocycles. The van der Waals surface area contributed by atoms with E-state index in [1.54, 1.807) is 0 Å². The molecule has 14 rings (SSSR count). The second kappa shape index (κ2) is 21.5. The van der Waals surface area contributed by atoms with Crippen LogP contribution in [0.4, 0.5) is 11.4 Å². The molecule has 396 valence electrons. The summed E-state index contributed by atoms with van der Waals surface area (Å²) in [6, 6.07) is 101. The van der Waals surface area contributed by atoms with E-state index >= 15 is 0 Å². The van der Waals surface area contributed by atoms with Crippen molar-refractivity contribution in [3.63, 3.8) is 0 Å². The summed E-state index contributed by atoms with van der Waals surface area (Å²) in [6.07, 6.45) is 8.68. The van der Waals surface area contributed by atoms with Crippen molar-refractivity contribution >= 4 is 60.6 Å². The fourth-order valence-corrected chi connectivity index (χ4v) is 13.6. The first-order chi connectivity index (χ1) is 40.4. The van der Waals surface area contributed by atoms with Gasteiger partial charge in [0, 0.05) is 63.6 Å². The van der Waals surface area contributed by atoms with Gasteiger partial charge in [0.15, 0.2) is 0 Å². The van der Waals surface area contributed by atoms with Crippen LogP contribution in [-0.2, 0) is 12.8 Å². The lowest BCUT2D eigenvalue weighted by Gasteiger charge is -2.36. The number of aromatic nitrogens is 2. The van der Waals surface area contributed by atoms with E-state index in [-0.39, 0.29) is 0 Å². The van der Waals surface area contributed by atoms with Gasteiger partial charge >= 0.3 is 0 Å². The van der Waals surface area contributed by atoms with E-state index < -0.39 is 0 Å². The molecule has 1 aliphatic rings. The smallest absolute Gasteiger partial charge is 0.143 e. The third kappa shape index (κ3) is 9.27.